The molecule has 7 heteroatoms. The molecular formula is C16H22N6O. The quantitative estimate of drug-likeness (QED) is 0.650. The van der Waals surface area contributed by atoms with Crippen LogP contribution in [-0.2, 0) is 0 Å². The molecule has 3 rings (SSSR count). The number of aliphatic hydroxyl groups excluding tert-OH is 1. The van der Waals surface area contributed by atoms with E-state index in [0.717, 1.165) is 23.0 Å². The number of hydrogen-bond acceptors (Lipinski definition) is 7. The first kappa shape index (κ1) is 15.4. The molecule has 122 valence electrons. The summed E-state index contributed by atoms with van der Waals surface area (Å²) in [6.07, 6.45) is 0. The van der Waals surface area contributed by atoms with Gasteiger partial charge in [-0.25, -0.2) is 0 Å². The zero-order chi connectivity index (χ0) is 16.2. The number of rotatable bonds is 6. The normalized spacial score (nSPS) is 13.0. The molecule has 1 aromatic heterocycles. The Kier molecular flexibility index (Phi) is 4.47. The van der Waals surface area contributed by atoms with E-state index in [1.807, 2.05) is 30.3 Å². The van der Waals surface area contributed by atoms with Crippen LogP contribution in [0, 0.1) is 0 Å². The molecular weight excluding hydrogens is 292 g/mol. The maximum Gasteiger partial charge on any atom is 0.226 e. The minimum atomic E-state index is 0.0358. The van der Waals surface area contributed by atoms with Gasteiger partial charge in [-0.1, -0.05) is 18.2 Å². The minimum absolute atomic E-state index is 0.0358. The van der Waals surface area contributed by atoms with Gasteiger partial charge in [-0.2, -0.15) is 9.97 Å². The lowest BCUT2D eigenvalue weighted by atomic mass is 10.3. The van der Waals surface area contributed by atoms with E-state index in [2.05, 4.69) is 44.7 Å². The standard InChI is InChI=1S/C16H22N6O/c1-11(2)22-10-18-13-14(19-12-6-4-3-5-7-12)20-16(17-8-9-23)21-15(13)22/h3-7,11,18,23H,8-10H2,1-2H3,(H2,17,19,20,21). The van der Waals surface area contributed by atoms with E-state index >= 15 is 0 Å². The van der Waals surface area contributed by atoms with Crippen molar-refractivity contribution in [2.75, 3.05) is 40.7 Å². The number of aliphatic hydroxyl groups is 1. The summed E-state index contributed by atoms with van der Waals surface area (Å²) in [5.41, 5.74) is 1.86. The Morgan fingerprint density at radius 2 is 2.04 bits per heavy atom. The lowest BCUT2D eigenvalue weighted by Crippen LogP contribution is -2.30. The van der Waals surface area contributed by atoms with Crippen LogP contribution in [0.15, 0.2) is 30.3 Å². The number of fused-ring (bicyclic) bond motifs is 1. The summed E-state index contributed by atoms with van der Waals surface area (Å²) in [6.45, 7) is 5.41. The summed E-state index contributed by atoms with van der Waals surface area (Å²) in [5, 5.41) is 18.8. The average Bonchev–Trinajstić information content (AvgIpc) is 2.98. The van der Waals surface area contributed by atoms with Gasteiger partial charge in [0.1, 0.15) is 5.69 Å². The third-order valence-corrected chi connectivity index (χ3v) is 3.64. The zero-order valence-electron chi connectivity index (χ0n) is 13.4. The zero-order valence-corrected chi connectivity index (χ0v) is 13.4. The molecule has 0 bridgehead atoms. The summed E-state index contributed by atoms with van der Waals surface area (Å²) in [4.78, 5) is 11.3. The second kappa shape index (κ2) is 6.70. The fourth-order valence-electron chi connectivity index (χ4n) is 2.48. The van der Waals surface area contributed by atoms with Crippen molar-refractivity contribution in [3.8, 4) is 0 Å². The Bertz CT molecular complexity index is 661. The van der Waals surface area contributed by atoms with Crippen LogP contribution < -0.4 is 20.9 Å². The molecule has 0 saturated heterocycles. The number of hydrogen-bond donors (Lipinski definition) is 4. The highest BCUT2D eigenvalue weighted by atomic mass is 16.3. The van der Waals surface area contributed by atoms with Crippen molar-refractivity contribution >= 4 is 29.0 Å². The van der Waals surface area contributed by atoms with Gasteiger partial charge in [0.25, 0.3) is 0 Å². The molecule has 1 aliphatic rings. The molecule has 1 aromatic carbocycles. The van der Waals surface area contributed by atoms with E-state index in [1.54, 1.807) is 0 Å². The number of nitrogens with zero attached hydrogens (tertiary/aromatic N) is 3. The van der Waals surface area contributed by atoms with Gasteiger partial charge in [-0.05, 0) is 26.0 Å². The van der Waals surface area contributed by atoms with Gasteiger partial charge in [0.15, 0.2) is 11.6 Å². The fourth-order valence-corrected chi connectivity index (χ4v) is 2.48. The molecule has 2 aromatic rings. The molecule has 4 N–H and O–H groups in total. The summed E-state index contributed by atoms with van der Waals surface area (Å²) in [6, 6.07) is 10.2. The summed E-state index contributed by atoms with van der Waals surface area (Å²) >= 11 is 0. The first-order chi connectivity index (χ1) is 11.2. The third kappa shape index (κ3) is 3.29. The Morgan fingerprint density at radius 1 is 1.26 bits per heavy atom. The first-order valence-electron chi connectivity index (χ1n) is 7.78. The monoisotopic (exact) mass is 314 g/mol. The van der Waals surface area contributed by atoms with Crippen molar-refractivity contribution in [1.29, 1.82) is 0 Å². The SMILES string of the molecule is CC(C)N1CNc2c(Nc3ccccc3)nc(NCCO)nc21. The van der Waals surface area contributed by atoms with E-state index in [4.69, 9.17) is 5.11 Å². The molecule has 0 fully saturated rings. The van der Waals surface area contributed by atoms with Crippen LogP contribution in [0.2, 0.25) is 0 Å². The molecule has 0 spiro atoms. The summed E-state index contributed by atoms with van der Waals surface area (Å²) in [5.74, 6) is 2.10. The van der Waals surface area contributed by atoms with Gasteiger partial charge in [0.05, 0.1) is 13.3 Å². The molecule has 0 radical (unpaired) electrons. The molecule has 23 heavy (non-hydrogen) atoms. The Morgan fingerprint density at radius 3 is 2.74 bits per heavy atom. The van der Waals surface area contributed by atoms with Crippen molar-refractivity contribution < 1.29 is 5.11 Å². The fraction of sp³-hybridized carbons (Fsp3) is 0.375. The highest BCUT2D eigenvalue weighted by molar-refractivity contribution is 5.85. The van der Waals surface area contributed by atoms with E-state index in [0.29, 0.717) is 25.2 Å². The first-order valence-corrected chi connectivity index (χ1v) is 7.78. The average molecular weight is 314 g/mol. The van der Waals surface area contributed by atoms with Crippen LogP contribution in [0.4, 0.5) is 29.0 Å². The molecule has 0 unspecified atom stereocenters. The topological polar surface area (TPSA) is 85.3 Å². The summed E-state index contributed by atoms with van der Waals surface area (Å²) in [7, 11) is 0. The number of para-hydroxylation sites is 1. The van der Waals surface area contributed by atoms with Crippen molar-refractivity contribution in [2.45, 2.75) is 19.9 Å². The molecule has 0 atom stereocenters. The maximum atomic E-state index is 9.01. The highest BCUT2D eigenvalue weighted by Gasteiger charge is 2.27. The number of aromatic nitrogens is 2. The number of nitrogens with one attached hydrogen (secondary N) is 3. The predicted octanol–water partition coefficient (Wildman–Crippen LogP) is 2.22. The van der Waals surface area contributed by atoms with Crippen LogP contribution in [0.3, 0.4) is 0 Å². The van der Waals surface area contributed by atoms with E-state index in [9.17, 15) is 0 Å². The van der Waals surface area contributed by atoms with Gasteiger partial charge in [-0.15, -0.1) is 0 Å². The van der Waals surface area contributed by atoms with Gasteiger partial charge < -0.3 is 26.0 Å². The van der Waals surface area contributed by atoms with Gasteiger partial charge in [0.2, 0.25) is 5.95 Å². The van der Waals surface area contributed by atoms with Gasteiger partial charge in [-0.3, -0.25) is 0 Å². The molecule has 1 aliphatic heterocycles. The molecule has 0 saturated carbocycles. The third-order valence-electron chi connectivity index (χ3n) is 3.64. The van der Waals surface area contributed by atoms with Crippen LogP contribution in [0.1, 0.15) is 13.8 Å². The van der Waals surface area contributed by atoms with E-state index < -0.39 is 0 Å². The lowest BCUT2D eigenvalue weighted by Gasteiger charge is -2.22. The second-order valence-corrected chi connectivity index (χ2v) is 5.63. The van der Waals surface area contributed by atoms with Crippen LogP contribution >= 0.6 is 0 Å². The van der Waals surface area contributed by atoms with E-state index in [1.165, 1.54) is 0 Å². The van der Waals surface area contributed by atoms with Crippen molar-refractivity contribution in [3.05, 3.63) is 30.3 Å². The largest absolute Gasteiger partial charge is 0.395 e. The Balaban J connectivity index is 1.97. The number of anilines is 5. The lowest BCUT2D eigenvalue weighted by molar-refractivity contribution is 0.311. The minimum Gasteiger partial charge on any atom is -0.395 e. The maximum absolute atomic E-state index is 9.01. The molecule has 2 heterocycles. The van der Waals surface area contributed by atoms with Crippen molar-refractivity contribution in [2.24, 2.45) is 0 Å². The van der Waals surface area contributed by atoms with E-state index in [-0.39, 0.29) is 6.61 Å². The van der Waals surface area contributed by atoms with Crippen LogP contribution in [-0.4, -0.2) is 40.9 Å². The Labute approximate surface area is 135 Å². The van der Waals surface area contributed by atoms with Crippen LogP contribution in [0.25, 0.3) is 0 Å². The second-order valence-electron chi connectivity index (χ2n) is 5.63. The van der Waals surface area contributed by atoms with Crippen LogP contribution in [0.5, 0.6) is 0 Å². The molecule has 7 nitrogen and oxygen atoms in total. The molecule has 0 aliphatic carbocycles. The van der Waals surface area contributed by atoms with Crippen molar-refractivity contribution in [3.63, 3.8) is 0 Å². The van der Waals surface area contributed by atoms with Crippen molar-refractivity contribution in [1.82, 2.24) is 9.97 Å². The molecule has 0 amide bonds. The highest BCUT2D eigenvalue weighted by Crippen LogP contribution is 2.38. The van der Waals surface area contributed by atoms with Gasteiger partial charge in [0, 0.05) is 18.3 Å². The number of benzene rings is 1. The van der Waals surface area contributed by atoms with Gasteiger partial charge >= 0.3 is 0 Å². The Hall–Kier alpha value is -2.54. The predicted molar refractivity (Wildman–Crippen MR) is 93.4 cm³/mol. The smallest absolute Gasteiger partial charge is 0.226 e. The summed E-state index contributed by atoms with van der Waals surface area (Å²) < 4.78 is 0.